The number of furan rings is 1. The van der Waals surface area contributed by atoms with Crippen LogP contribution >= 0.6 is 0 Å². The summed E-state index contributed by atoms with van der Waals surface area (Å²) >= 11 is 0. The fraction of sp³-hybridized carbons (Fsp3) is 0.0455. The van der Waals surface area contributed by atoms with Gasteiger partial charge in [0, 0.05) is 5.56 Å². The molecule has 8 heteroatoms. The number of carbonyl (C=O) groups is 1. The molecule has 0 saturated carbocycles. The molecule has 0 aliphatic carbocycles. The molecule has 0 atom stereocenters. The van der Waals surface area contributed by atoms with E-state index in [1.54, 1.807) is 42.5 Å². The van der Waals surface area contributed by atoms with Crippen LogP contribution in [0.1, 0.15) is 11.3 Å². The molecule has 1 aliphatic heterocycles. The number of anilines is 1. The van der Waals surface area contributed by atoms with Gasteiger partial charge in [-0.05, 0) is 42.5 Å². The third kappa shape index (κ3) is 3.49. The van der Waals surface area contributed by atoms with Crippen molar-refractivity contribution in [1.29, 1.82) is 5.26 Å². The van der Waals surface area contributed by atoms with Gasteiger partial charge >= 0.3 is 6.18 Å². The molecular weight excluding hydrogens is 395 g/mol. The molecule has 1 amide bonds. The third-order valence-electron chi connectivity index (χ3n) is 4.37. The van der Waals surface area contributed by atoms with Crippen molar-refractivity contribution in [2.24, 2.45) is 5.10 Å². The summed E-state index contributed by atoms with van der Waals surface area (Å²) in [5, 5.41) is 13.4. The second-order valence-corrected chi connectivity index (χ2v) is 6.32. The number of amides is 1. The summed E-state index contributed by atoms with van der Waals surface area (Å²) in [7, 11) is 0. The van der Waals surface area contributed by atoms with Crippen molar-refractivity contribution in [3.63, 3.8) is 0 Å². The second-order valence-electron chi connectivity index (χ2n) is 6.32. The molecule has 0 radical (unpaired) electrons. The van der Waals surface area contributed by atoms with Crippen molar-refractivity contribution >= 4 is 23.4 Å². The van der Waals surface area contributed by atoms with Gasteiger partial charge in [-0.3, -0.25) is 4.79 Å². The zero-order valence-electron chi connectivity index (χ0n) is 15.2. The molecular formula is C22H12F3N3O2. The largest absolute Gasteiger partial charge is 0.457 e. The maximum absolute atomic E-state index is 13.5. The first-order chi connectivity index (χ1) is 14.4. The summed E-state index contributed by atoms with van der Waals surface area (Å²) in [6, 6.07) is 19.5. The van der Waals surface area contributed by atoms with E-state index in [1.807, 2.05) is 6.07 Å². The zero-order chi connectivity index (χ0) is 21.3. The summed E-state index contributed by atoms with van der Waals surface area (Å²) in [6.45, 7) is 0. The summed E-state index contributed by atoms with van der Waals surface area (Å²) < 4.78 is 46.2. The molecule has 0 N–H and O–H groups in total. The van der Waals surface area contributed by atoms with Crippen molar-refractivity contribution in [3.8, 4) is 17.4 Å². The predicted molar refractivity (Wildman–Crippen MR) is 104 cm³/mol. The van der Waals surface area contributed by atoms with E-state index < -0.39 is 23.4 Å². The minimum atomic E-state index is -4.83. The number of carbonyl (C=O) groups excluding carboxylic acids is 1. The Labute approximate surface area is 169 Å². The van der Waals surface area contributed by atoms with Crippen molar-refractivity contribution < 1.29 is 22.4 Å². The number of hydrazone groups is 1. The molecule has 4 rings (SSSR count). The van der Waals surface area contributed by atoms with Gasteiger partial charge in [-0.15, -0.1) is 0 Å². The van der Waals surface area contributed by atoms with Gasteiger partial charge in [0.1, 0.15) is 11.5 Å². The topological polar surface area (TPSA) is 69.6 Å². The van der Waals surface area contributed by atoms with Gasteiger partial charge < -0.3 is 4.42 Å². The van der Waals surface area contributed by atoms with Gasteiger partial charge in [-0.1, -0.05) is 30.3 Å². The lowest BCUT2D eigenvalue weighted by Gasteiger charge is -2.10. The summed E-state index contributed by atoms with van der Waals surface area (Å²) in [5.41, 5.74) is -0.850. The average Bonchev–Trinajstić information content (AvgIpc) is 3.34. The summed E-state index contributed by atoms with van der Waals surface area (Å²) in [6.07, 6.45) is -3.82. The number of rotatable bonds is 3. The van der Waals surface area contributed by atoms with E-state index in [0.717, 1.165) is 6.08 Å². The van der Waals surface area contributed by atoms with Crippen LogP contribution in [0.3, 0.4) is 0 Å². The Kier molecular flexibility index (Phi) is 4.72. The van der Waals surface area contributed by atoms with Crippen LogP contribution in [0.4, 0.5) is 18.9 Å². The number of para-hydroxylation sites is 1. The maximum atomic E-state index is 13.5. The normalized spacial score (nSPS) is 15.4. The quantitative estimate of drug-likeness (QED) is 0.563. The fourth-order valence-electron chi connectivity index (χ4n) is 3.01. The van der Waals surface area contributed by atoms with Crippen LogP contribution in [0.25, 0.3) is 17.4 Å². The molecule has 0 fully saturated rings. The molecule has 5 nitrogen and oxygen atoms in total. The number of hydrogen-bond acceptors (Lipinski definition) is 4. The maximum Gasteiger partial charge on any atom is 0.435 e. The lowest BCUT2D eigenvalue weighted by atomic mass is 10.1. The Hall–Kier alpha value is -4.12. The zero-order valence-corrected chi connectivity index (χ0v) is 15.2. The van der Waals surface area contributed by atoms with Crippen LogP contribution in [-0.2, 0) is 4.79 Å². The van der Waals surface area contributed by atoms with E-state index in [9.17, 15) is 23.2 Å². The Bertz CT molecular complexity index is 1220. The van der Waals surface area contributed by atoms with Gasteiger partial charge in [0.05, 0.1) is 22.9 Å². The molecule has 0 unspecified atom stereocenters. The molecule has 30 heavy (non-hydrogen) atoms. The average molecular weight is 407 g/mol. The van der Waals surface area contributed by atoms with Crippen LogP contribution in [-0.4, -0.2) is 17.8 Å². The van der Waals surface area contributed by atoms with Gasteiger partial charge in [-0.2, -0.15) is 28.5 Å². The summed E-state index contributed by atoms with van der Waals surface area (Å²) in [5.74, 6) is -0.577. The standard InChI is InChI=1S/C22H12F3N3O2/c23-22(24,25)20-18(21(29)28(27-20)15-7-2-1-3-8-15)12-16-10-11-19(30-16)17-9-5-4-6-14(17)13-26/h1-12H/b18-12-. The van der Waals surface area contributed by atoms with E-state index >= 15 is 0 Å². The minimum absolute atomic E-state index is 0.0351. The van der Waals surface area contributed by atoms with Gasteiger partial charge in [-0.25, -0.2) is 0 Å². The van der Waals surface area contributed by atoms with Gasteiger partial charge in [0.15, 0.2) is 5.71 Å². The van der Waals surface area contributed by atoms with E-state index in [-0.39, 0.29) is 11.4 Å². The van der Waals surface area contributed by atoms with Gasteiger partial charge in [0.25, 0.3) is 5.91 Å². The van der Waals surface area contributed by atoms with Crippen molar-refractivity contribution in [2.45, 2.75) is 6.18 Å². The van der Waals surface area contributed by atoms with Crippen LogP contribution < -0.4 is 5.01 Å². The number of halogens is 3. The molecule has 0 saturated heterocycles. The van der Waals surface area contributed by atoms with Gasteiger partial charge in [0.2, 0.25) is 0 Å². The number of benzene rings is 2. The number of alkyl halides is 3. The van der Waals surface area contributed by atoms with E-state index in [0.29, 0.717) is 21.9 Å². The highest BCUT2D eigenvalue weighted by Gasteiger charge is 2.47. The third-order valence-corrected chi connectivity index (χ3v) is 4.37. The van der Waals surface area contributed by atoms with E-state index in [1.165, 1.54) is 24.3 Å². The monoisotopic (exact) mass is 407 g/mol. The first kappa shape index (κ1) is 19.2. The molecule has 1 aromatic heterocycles. The Morgan fingerprint density at radius 3 is 2.40 bits per heavy atom. The Balaban J connectivity index is 1.74. The van der Waals surface area contributed by atoms with Crippen molar-refractivity contribution in [3.05, 3.63) is 83.6 Å². The molecule has 0 bridgehead atoms. The number of hydrogen-bond donors (Lipinski definition) is 0. The van der Waals surface area contributed by atoms with Crippen LogP contribution in [0.2, 0.25) is 0 Å². The van der Waals surface area contributed by atoms with Crippen molar-refractivity contribution in [2.75, 3.05) is 5.01 Å². The Morgan fingerprint density at radius 2 is 1.70 bits per heavy atom. The molecule has 2 aromatic carbocycles. The number of nitriles is 1. The first-order valence-electron chi connectivity index (χ1n) is 8.75. The first-order valence-corrected chi connectivity index (χ1v) is 8.75. The van der Waals surface area contributed by atoms with Crippen LogP contribution in [0.5, 0.6) is 0 Å². The highest BCUT2D eigenvalue weighted by atomic mass is 19.4. The fourth-order valence-corrected chi connectivity index (χ4v) is 3.01. The molecule has 148 valence electrons. The molecule has 2 heterocycles. The SMILES string of the molecule is N#Cc1ccccc1-c1ccc(/C=C2\C(=O)N(c3ccccc3)N=C2C(F)(F)F)o1. The smallest absolute Gasteiger partial charge is 0.435 e. The van der Waals surface area contributed by atoms with Crippen molar-refractivity contribution in [1.82, 2.24) is 0 Å². The molecule has 1 aliphatic rings. The lowest BCUT2D eigenvalue weighted by Crippen LogP contribution is -2.25. The van der Waals surface area contributed by atoms with E-state index in [4.69, 9.17) is 4.42 Å². The predicted octanol–water partition coefficient (Wildman–Crippen LogP) is 5.17. The highest BCUT2D eigenvalue weighted by Crippen LogP contribution is 2.33. The summed E-state index contributed by atoms with van der Waals surface area (Å²) in [4.78, 5) is 12.7. The molecule has 0 spiro atoms. The molecule has 3 aromatic rings. The highest BCUT2D eigenvalue weighted by molar-refractivity contribution is 6.34. The van der Waals surface area contributed by atoms with E-state index in [2.05, 4.69) is 5.10 Å². The second kappa shape index (κ2) is 7.37. The van der Waals surface area contributed by atoms with Crippen LogP contribution in [0, 0.1) is 11.3 Å². The van der Waals surface area contributed by atoms with Crippen LogP contribution in [0.15, 0.2) is 81.8 Å². The minimum Gasteiger partial charge on any atom is -0.457 e. The Morgan fingerprint density at radius 1 is 1.00 bits per heavy atom. The lowest BCUT2D eigenvalue weighted by molar-refractivity contribution is -0.114. The number of nitrogens with zero attached hydrogens (tertiary/aromatic N) is 3.